The van der Waals surface area contributed by atoms with Crippen LogP contribution in [0.2, 0.25) is 0 Å². The molecule has 0 aromatic heterocycles. The highest BCUT2D eigenvalue weighted by molar-refractivity contribution is 5.86. The monoisotopic (exact) mass is 431 g/mol. The van der Waals surface area contributed by atoms with E-state index in [1.165, 1.54) is 5.56 Å². The number of likely N-dealkylation sites (tertiary alicyclic amines) is 1. The number of rotatable bonds is 3. The molecule has 2 N–H and O–H groups in total. The van der Waals surface area contributed by atoms with Crippen LogP contribution in [0.5, 0.6) is 5.75 Å². The first-order chi connectivity index (χ1) is 13.6. The first-order valence-corrected chi connectivity index (χ1v) is 10.2. The number of halogens is 1. The fourth-order valence-electron chi connectivity index (χ4n) is 5.08. The lowest BCUT2D eigenvalue weighted by Crippen LogP contribution is -3.00. The molecule has 0 aliphatic carbocycles. The van der Waals surface area contributed by atoms with Crippen molar-refractivity contribution in [3.8, 4) is 5.75 Å². The highest BCUT2D eigenvalue weighted by Gasteiger charge is 2.61. The number of likely N-dealkylation sites (N-methyl/N-ethyl adjacent to an activating group) is 2. The second-order valence-electron chi connectivity index (χ2n) is 9.06. The number of ether oxygens (including phenoxy) is 1. The van der Waals surface area contributed by atoms with Gasteiger partial charge in [-0.15, -0.1) is 0 Å². The van der Waals surface area contributed by atoms with Gasteiger partial charge in [-0.3, -0.25) is 5.32 Å². The zero-order valence-corrected chi connectivity index (χ0v) is 18.9. The summed E-state index contributed by atoms with van der Waals surface area (Å²) < 4.78 is 5.54. The molecule has 2 aromatic rings. The normalized spacial score (nSPS) is 26.8. The SMILES string of the molecule is CC(C)c1ccc(NC(=O)Oc2ccc3c(c2)[C@]2(C)CC[N+](C)(O)[C@@H]2N3C)cc1.[Cl-]. The quantitative estimate of drug-likeness (QED) is 0.726. The van der Waals surface area contributed by atoms with Crippen molar-refractivity contribution in [1.82, 2.24) is 0 Å². The molecule has 0 bridgehead atoms. The number of carbonyl (C=O) groups excluding carboxylic acids is 1. The summed E-state index contributed by atoms with van der Waals surface area (Å²) in [5.41, 5.74) is 3.94. The molecule has 0 saturated carbocycles. The summed E-state index contributed by atoms with van der Waals surface area (Å²) in [7, 11) is 3.87. The molecular weight excluding hydrogens is 402 g/mol. The van der Waals surface area contributed by atoms with Crippen molar-refractivity contribution in [3.05, 3.63) is 53.6 Å². The van der Waals surface area contributed by atoms with E-state index in [1.807, 2.05) is 56.6 Å². The van der Waals surface area contributed by atoms with Crippen molar-refractivity contribution in [3.63, 3.8) is 0 Å². The third-order valence-electron chi connectivity index (χ3n) is 6.55. The molecule has 7 heteroatoms. The second-order valence-corrected chi connectivity index (χ2v) is 9.06. The minimum Gasteiger partial charge on any atom is -1.00 e. The molecule has 1 unspecified atom stereocenters. The van der Waals surface area contributed by atoms with E-state index in [-0.39, 0.29) is 28.6 Å². The number of hydrogen-bond acceptors (Lipinski definition) is 4. The van der Waals surface area contributed by atoms with Crippen LogP contribution in [-0.2, 0) is 5.41 Å². The first-order valence-electron chi connectivity index (χ1n) is 10.2. The Morgan fingerprint density at radius 1 is 1.27 bits per heavy atom. The van der Waals surface area contributed by atoms with E-state index < -0.39 is 6.09 Å². The zero-order chi connectivity index (χ0) is 21.0. The van der Waals surface area contributed by atoms with Crippen LogP contribution in [0.1, 0.15) is 44.2 Å². The molecular formula is C23H30ClN3O3. The maximum atomic E-state index is 12.4. The van der Waals surface area contributed by atoms with E-state index in [2.05, 4.69) is 31.0 Å². The molecule has 6 nitrogen and oxygen atoms in total. The number of anilines is 2. The Labute approximate surface area is 184 Å². The molecule has 30 heavy (non-hydrogen) atoms. The molecule has 1 fully saturated rings. The predicted molar refractivity (Wildman–Crippen MR) is 114 cm³/mol. The molecule has 2 aliphatic rings. The van der Waals surface area contributed by atoms with Gasteiger partial charge in [0.2, 0.25) is 6.17 Å². The molecule has 2 heterocycles. The molecule has 2 aromatic carbocycles. The molecule has 0 spiro atoms. The summed E-state index contributed by atoms with van der Waals surface area (Å²) in [4.78, 5) is 14.5. The van der Waals surface area contributed by atoms with E-state index in [1.54, 1.807) is 0 Å². The van der Waals surface area contributed by atoms with E-state index in [9.17, 15) is 10.0 Å². The lowest BCUT2D eigenvalue weighted by molar-refractivity contribution is -1.10. The smallest absolute Gasteiger partial charge is 0.417 e. The van der Waals surface area contributed by atoms with Gasteiger partial charge in [0.05, 0.1) is 5.41 Å². The Morgan fingerprint density at radius 2 is 1.93 bits per heavy atom. The number of fused-ring (bicyclic) bond motifs is 3. The van der Waals surface area contributed by atoms with Gasteiger partial charge in [0.15, 0.2) is 0 Å². The number of nitrogens with one attached hydrogen (secondary N) is 1. The number of hydrogen-bond donors (Lipinski definition) is 2. The van der Waals surface area contributed by atoms with Gasteiger partial charge >= 0.3 is 6.09 Å². The lowest BCUT2D eigenvalue weighted by atomic mass is 9.81. The summed E-state index contributed by atoms with van der Waals surface area (Å²) >= 11 is 0. The minimum atomic E-state index is -0.510. The zero-order valence-electron chi connectivity index (χ0n) is 18.1. The fourth-order valence-corrected chi connectivity index (χ4v) is 5.08. The topological polar surface area (TPSA) is 61.8 Å². The summed E-state index contributed by atoms with van der Waals surface area (Å²) in [5, 5.41) is 13.6. The molecule has 2 aliphatic heterocycles. The largest absolute Gasteiger partial charge is 1.00 e. The summed E-state index contributed by atoms with van der Waals surface area (Å²) in [6.07, 6.45) is 0.324. The Kier molecular flexibility index (Phi) is 5.80. The molecule has 4 rings (SSSR count). The number of carbonyl (C=O) groups is 1. The van der Waals surface area contributed by atoms with Crippen molar-refractivity contribution >= 4 is 17.5 Å². The van der Waals surface area contributed by atoms with Gasteiger partial charge in [0.1, 0.15) is 19.3 Å². The van der Waals surface area contributed by atoms with Gasteiger partial charge in [-0.25, -0.2) is 10.0 Å². The van der Waals surface area contributed by atoms with Gasteiger partial charge in [-0.2, -0.15) is 4.65 Å². The number of hydroxylamine groups is 3. The second kappa shape index (κ2) is 7.76. The highest BCUT2D eigenvalue weighted by atomic mass is 35.5. The number of nitrogens with zero attached hydrogens (tertiary/aromatic N) is 2. The number of amides is 1. The van der Waals surface area contributed by atoms with Crippen LogP contribution < -0.4 is 27.4 Å². The van der Waals surface area contributed by atoms with Gasteiger partial charge in [0.25, 0.3) is 0 Å². The number of benzene rings is 2. The van der Waals surface area contributed by atoms with Gasteiger partial charge in [-0.1, -0.05) is 26.0 Å². The van der Waals surface area contributed by atoms with Crippen LogP contribution in [0.4, 0.5) is 16.2 Å². The maximum absolute atomic E-state index is 12.4. The Balaban J connectivity index is 0.00000256. The third-order valence-corrected chi connectivity index (χ3v) is 6.55. The van der Waals surface area contributed by atoms with Crippen LogP contribution in [0.25, 0.3) is 0 Å². The molecule has 3 atom stereocenters. The predicted octanol–water partition coefficient (Wildman–Crippen LogP) is 1.70. The highest BCUT2D eigenvalue weighted by Crippen LogP contribution is 2.53. The number of quaternary nitrogens is 1. The summed E-state index contributed by atoms with van der Waals surface area (Å²) in [5.74, 6) is 0.954. The van der Waals surface area contributed by atoms with Gasteiger partial charge < -0.3 is 22.0 Å². The van der Waals surface area contributed by atoms with Crippen LogP contribution in [0.3, 0.4) is 0 Å². The molecule has 1 saturated heterocycles. The van der Waals surface area contributed by atoms with E-state index in [0.717, 1.165) is 17.7 Å². The van der Waals surface area contributed by atoms with E-state index in [4.69, 9.17) is 4.74 Å². The van der Waals surface area contributed by atoms with Gasteiger partial charge in [0, 0.05) is 24.8 Å². The Morgan fingerprint density at radius 3 is 2.57 bits per heavy atom. The van der Waals surface area contributed by atoms with Crippen LogP contribution >= 0.6 is 0 Å². The first kappa shape index (κ1) is 22.4. The van der Waals surface area contributed by atoms with Crippen molar-refractivity contribution < 1.29 is 31.8 Å². The summed E-state index contributed by atoms with van der Waals surface area (Å²) in [6.45, 7) is 7.15. The standard InChI is InChI=1S/C23H29N3O3.ClH/c1-15(2)16-6-8-17(9-7-16)24-22(27)29-18-10-11-20-19(14-18)23(3)12-13-26(5,28)21(23)25(20)4;/h6-11,14-15,21,28H,12-13H2,1-5H3;1H/t21-,23-,26?;/m0./s1. The molecule has 162 valence electrons. The summed E-state index contributed by atoms with van der Waals surface area (Å²) in [6, 6.07) is 13.5. The molecule has 0 radical (unpaired) electrons. The van der Waals surface area contributed by atoms with Crippen molar-refractivity contribution in [2.24, 2.45) is 0 Å². The third kappa shape index (κ3) is 3.64. The van der Waals surface area contributed by atoms with Crippen LogP contribution in [0.15, 0.2) is 42.5 Å². The van der Waals surface area contributed by atoms with Crippen molar-refractivity contribution in [2.75, 3.05) is 30.9 Å². The maximum Gasteiger partial charge on any atom is 0.417 e. The molecule has 1 amide bonds. The Bertz CT molecular complexity index is 945. The minimum absolute atomic E-state index is 0. The van der Waals surface area contributed by atoms with E-state index >= 15 is 0 Å². The fraction of sp³-hybridized carbons (Fsp3) is 0.435. The van der Waals surface area contributed by atoms with Crippen molar-refractivity contribution in [2.45, 2.75) is 44.7 Å². The van der Waals surface area contributed by atoms with Gasteiger partial charge in [-0.05, 0) is 54.3 Å². The Hall–Kier alpha value is -2.28. The lowest BCUT2D eigenvalue weighted by Gasteiger charge is -2.34. The van der Waals surface area contributed by atoms with Crippen LogP contribution in [0, 0.1) is 0 Å². The average molecular weight is 432 g/mol. The average Bonchev–Trinajstić information content (AvgIpc) is 3.04. The van der Waals surface area contributed by atoms with Crippen molar-refractivity contribution in [1.29, 1.82) is 0 Å². The van der Waals surface area contributed by atoms with Crippen LogP contribution in [-0.4, -0.2) is 42.8 Å². The van der Waals surface area contributed by atoms with E-state index in [0.29, 0.717) is 23.9 Å².